The van der Waals surface area contributed by atoms with E-state index in [4.69, 9.17) is 10.00 Å². The van der Waals surface area contributed by atoms with Crippen LogP contribution in [0.2, 0.25) is 0 Å². The van der Waals surface area contributed by atoms with E-state index in [1.54, 1.807) is 31.0 Å². The molecule has 9 heteroatoms. The van der Waals surface area contributed by atoms with Crippen molar-refractivity contribution in [2.75, 3.05) is 26.7 Å². The predicted molar refractivity (Wildman–Crippen MR) is 111 cm³/mol. The average molecular weight is 489 g/mol. The minimum absolute atomic E-state index is 0. The van der Waals surface area contributed by atoms with Gasteiger partial charge in [-0.05, 0) is 31.9 Å². The third-order valence-electron chi connectivity index (χ3n) is 4.21. The minimum atomic E-state index is -0.422. The molecule has 7 nitrogen and oxygen atoms in total. The summed E-state index contributed by atoms with van der Waals surface area (Å²) in [5.41, 5.74) is 0.756. The van der Waals surface area contributed by atoms with E-state index in [9.17, 15) is 9.18 Å². The largest absolute Gasteiger partial charge is 0.450 e. The Kier molecular flexibility index (Phi) is 9.85. The van der Waals surface area contributed by atoms with Crippen LogP contribution < -0.4 is 10.6 Å². The molecule has 1 aliphatic rings. The number of piperidine rings is 1. The van der Waals surface area contributed by atoms with Crippen molar-refractivity contribution in [3.05, 3.63) is 35.1 Å². The van der Waals surface area contributed by atoms with Crippen LogP contribution in [0, 0.1) is 17.1 Å². The molecule has 148 valence electrons. The number of rotatable bonds is 4. The Morgan fingerprint density at radius 2 is 2.15 bits per heavy atom. The Hall–Kier alpha value is -2.09. The molecule has 1 heterocycles. The molecule has 2 N–H and O–H groups in total. The fraction of sp³-hybridized carbons (Fsp3) is 0.500. The van der Waals surface area contributed by atoms with Gasteiger partial charge in [0.05, 0.1) is 18.2 Å². The summed E-state index contributed by atoms with van der Waals surface area (Å²) in [7, 11) is 1.65. The van der Waals surface area contributed by atoms with Gasteiger partial charge in [-0.3, -0.25) is 4.99 Å². The zero-order chi connectivity index (χ0) is 18.9. The third-order valence-corrected chi connectivity index (χ3v) is 4.21. The molecular formula is C18H25FIN5O2. The van der Waals surface area contributed by atoms with E-state index in [0.717, 1.165) is 12.8 Å². The van der Waals surface area contributed by atoms with Gasteiger partial charge in [-0.15, -0.1) is 24.0 Å². The van der Waals surface area contributed by atoms with Crippen LogP contribution in [-0.4, -0.2) is 49.7 Å². The second-order valence-corrected chi connectivity index (χ2v) is 5.95. The molecule has 0 aromatic heterocycles. The zero-order valence-electron chi connectivity index (χ0n) is 15.5. The molecule has 0 unspecified atom stereocenters. The van der Waals surface area contributed by atoms with Gasteiger partial charge in [0.1, 0.15) is 5.82 Å². The van der Waals surface area contributed by atoms with Crippen molar-refractivity contribution in [2.45, 2.75) is 32.4 Å². The molecule has 2 rings (SSSR count). The van der Waals surface area contributed by atoms with E-state index >= 15 is 0 Å². The monoisotopic (exact) mass is 489 g/mol. The summed E-state index contributed by atoms with van der Waals surface area (Å²) in [5.74, 6) is 0.151. The number of carbonyl (C=O) groups is 1. The number of aliphatic imine (C=N–C) groups is 1. The Labute approximate surface area is 176 Å². The SMILES string of the molecule is CCOC(=O)N1CCC(NC(=NC)NCc2ccc(C#N)cc2F)CC1.I. The summed E-state index contributed by atoms with van der Waals surface area (Å²) in [4.78, 5) is 17.6. The summed E-state index contributed by atoms with van der Waals surface area (Å²) >= 11 is 0. The second kappa shape index (κ2) is 11.6. The first-order valence-electron chi connectivity index (χ1n) is 8.64. The number of amides is 1. The summed E-state index contributed by atoms with van der Waals surface area (Å²) < 4.78 is 18.9. The molecule has 0 radical (unpaired) electrons. The second-order valence-electron chi connectivity index (χ2n) is 5.95. The van der Waals surface area contributed by atoms with E-state index < -0.39 is 5.82 Å². The maximum absolute atomic E-state index is 13.9. The Bertz CT molecular complexity index is 699. The van der Waals surface area contributed by atoms with Crippen LogP contribution in [-0.2, 0) is 11.3 Å². The molecule has 1 amide bonds. The van der Waals surface area contributed by atoms with E-state index in [2.05, 4.69) is 15.6 Å². The molecule has 1 saturated heterocycles. The van der Waals surface area contributed by atoms with Gasteiger partial charge in [0.25, 0.3) is 0 Å². The number of hydrogen-bond donors (Lipinski definition) is 2. The van der Waals surface area contributed by atoms with Gasteiger partial charge in [0.15, 0.2) is 5.96 Å². The maximum atomic E-state index is 13.9. The molecule has 0 saturated carbocycles. The fourth-order valence-corrected chi connectivity index (χ4v) is 2.75. The molecule has 1 aromatic rings. The smallest absolute Gasteiger partial charge is 0.409 e. The number of hydrogen-bond acceptors (Lipinski definition) is 4. The zero-order valence-corrected chi connectivity index (χ0v) is 17.8. The van der Waals surface area contributed by atoms with Gasteiger partial charge in [-0.25, -0.2) is 9.18 Å². The lowest BCUT2D eigenvalue weighted by atomic mass is 10.1. The lowest BCUT2D eigenvalue weighted by Gasteiger charge is -2.32. The van der Waals surface area contributed by atoms with Crippen molar-refractivity contribution in [3.63, 3.8) is 0 Å². The molecule has 1 aromatic carbocycles. The summed E-state index contributed by atoms with van der Waals surface area (Å²) in [5, 5.41) is 15.2. The van der Waals surface area contributed by atoms with Crippen LogP contribution >= 0.6 is 24.0 Å². The number of carbonyl (C=O) groups excluding carboxylic acids is 1. The topological polar surface area (TPSA) is 89.8 Å². The first-order valence-corrected chi connectivity index (χ1v) is 8.64. The van der Waals surface area contributed by atoms with Crippen molar-refractivity contribution in [2.24, 2.45) is 4.99 Å². The lowest BCUT2D eigenvalue weighted by Crippen LogP contribution is -2.49. The molecule has 27 heavy (non-hydrogen) atoms. The van der Waals surface area contributed by atoms with Gasteiger partial charge in [-0.2, -0.15) is 5.26 Å². The van der Waals surface area contributed by atoms with Crippen LogP contribution in [0.5, 0.6) is 0 Å². The van der Waals surface area contributed by atoms with Crippen molar-refractivity contribution in [3.8, 4) is 6.07 Å². The molecular weight excluding hydrogens is 464 g/mol. The van der Waals surface area contributed by atoms with Crippen LogP contribution in [0.1, 0.15) is 30.9 Å². The average Bonchev–Trinajstić information content (AvgIpc) is 2.66. The Balaban J connectivity index is 0.00000364. The number of benzene rings is 1. The summed E-state index contributed by atoms with van der Waals surface area (Å²) in [6.45, 7) is 3.67. The number of halogens is 2. The summed E-state index contributed by atoms with van der Waals surface area (Å²) in [6, 6.07) is 6.48. The van der Waals surface area contributed by atoms with E-state index in [1.165, 1.54) is 6.07 Å². The van der Waals surface area contributed by atoms with Gasteiger partial charge in [-0.1, -0.05) is 6.07 Å². The van der Waals surface area contributed by atoms with Gasteiger partial charge >= 0.3 is 6.09 Å². The third kappa shape index (κ3) is 6.86. The Morgan fingerprint density at radius 3 is 2.70 bits per heavy atom. The lowest BCUT2D eigenvalue weighted by molar-refractivity contribution is 0.0963. The van der Waals surface area contributed by atoms with Crippen molar-refractivity contribution in [1.82, 2.24) is 15.5 Å². The molecule has 1 aliphatic heterocycles. The molecule has 1 fully saturated rings. The van der Waals surface area contributed by atoms with Crippen molar-refractivity contribution >= 4 is 36.0 Å². The Morgan fingerprint density at radius 1 is 1.44 bits per heavy atom. The van der Waals surface area contributed by atoms with Gasteiger partial charge in [0.2, 0.25) is 0 Å². The molecule has 0 atom stereocenters. The highest BCUT2D eigenvalue weighted by Crippen LogP contribution is 2.12. The number of nitrogens with one attached hydrogen (secondary N) is 2. The van der Waals surface area contributed by atoms with Crippen LogP contribution in [0.15, 0.2) is 23.2 Å². The summed E-state index contributed by atoms with van der Waals surface area (Å²) in [6.07, 6.45) is 1.29. The minimum Gasteiger partial charge on any atom is -0.450 e. The number of guanidine groups is 1. The molecule has 0 bridgehead atoms. The van der Waals surface area contributed by atoms with Crippen molar-refractivity contribution in [1.29, 1.82) is 5.26 Å². The standard InChI is InChI=1S/C18H24FN5O2.HI/c1-3-26-18(25)24-8-6-15(7-9-24)23-17(21-2)22-12-14-5-4-13(11-20)10-16(14)19;/h4-5,10,15H,3,6-9,12H2,1-2H3,(H2,21,22,23);1H. The highest BCUT2D eigenvalue weighted by atomic mass is 127. The quantitative estimate of drug-likeness (QED) is 0.386. The van der Waals surface area contributed by atoms with Crippen LogP contribution in [0.25, 0.3) is 0 Å². The van der Waals surface area contributed by atoms with Gasteiger partial charge in [0, 0.05) is 38.3 Å². The first kappa shape index (κ1) is 23.0. The molecule has 0 aliphatic carbocycles. The predicted octanol–water partition coefficient (Wildman–Crippen LogP) is 2.60. The van der Waals surface area contributed by atoms with E-state index in [0.29, 0.717) is 36.8 Å². The van der Waals surface area contributed by atoms with Crippen LogP contribution in [0.3, 0.4) is 0 Å². The highest BCUT2D eigenvalue weighted by Gasteiger charge is 2.24. The van der Waals surface area contributed by atoms with E-state index in [1.807, 2.05) is 6.07 Å². The van der Waals surface area contributed by atoms with Crippen LogP contribution in [0.4, 0.5) is 9.18 Å². The van der Waals surface area contributed by atoms with Crippen molar-refractivity contribution < 1.29 is 13.9 Å². The maximum Gasteiger partial charge on any atom is 0.409 e. The number of nitriles is 1. The fourth-order valence-electron chi connectivity index (χ4n) is 2.75. The number of likely N-dealkylation sites (tertiary alicyclic amines) is 1. The number of nitrogens with zero attached hydrogens (tertiary/aromatic N) is 3. The highest BCUT2D eigenvalue weighted by molar-refractivity contribution is 14.0. The number of ether oxygens (including phenoxy) is 1. The van der Waals surface area contributed by atoms with Gasteiger partial charge < -0.3 is 20.3 Å². The van der Waals surface area contributed by atoms with E-state index in [-0.39, 0.29) is 42.7 Å². The first-order chi connectivity index (χ1) is 12.6. The normalized spacial score (nSPS) is 14.7. The molecule has 0 spiro atoms.